The Kier molecular flexibility index (Phi) is 26.2. The van der Waals surface area contributed by atoms with E-state index in [1.54, 1.807) is 12.2 Å². The van der Waals surface area contributed by atoms with Crippen molar-refractivity contribution in [3.8, 4) is 0 Å². The average Bonchev–Trinajstić information content (AvgIpc) is 3.19. The van der Waals surface area contributed by atoms with Crippen molar-refractivity contribution in [2.75, 3.05) is 19.8 Å². The van der Waals surface area contributed by atoms with E-state index < -0.39 is 86.8 Å². The first kappa shape index (κ1) is 49.6. The molecule has 320 valence electrons. The molecule has 0 aromatic carbocycles. The van der Waals surface area contributed by atoms with Gasteiger partial charge in [-0.2, -0.15) is 0 Å². The molecule has 0 bridgehead atoms. The summed E-state index contributed by atoms with van der Waals surface area (Å²) in [4.78, 5) is 12.9. The van der Waals surface area contributed by atoms with Crippen LogP contribution >= 0.6 is 0 Å². The third kappa shape index (κ3) is 18.3. The maximum Gasteiger partial charge on any atom is 0.220 e. The zero-order valence-corrected chi connectivity index (χ0v) is 33.1. The van der Waals surface area contributed by atoms with E-state index >= 15 is 0 Å². The van der Waals surface area contributed by atoms with Crippen LogP contribution in [0.15, 0.2) is 72.9 Å². The smallest absolute Gasteiger partial charge is 0.220 e. The Balaban J connectivity index is 1.80. The van der Waals surface area contributed by atoms with E-state index in [1.807, 2.05) is 6.92 Å². The Hall–Kier alpha value is -2.57. The number of amides is 1. The van der Waals surface area contributed by atoms with E-state index in [9.17, 15) is 45.6 Å². The molecule has 0 radical (unpaired) electrons. The van der Waals surface area contributed by atoms with Crippen LogP contribution in [0.4, 0.5) is 0 Å². The molecule has 14 heteroatoms. The molecule has 2 saturated heterocycles. The molecule has 2 rings (SSSR count). The summed E-state index contributed by atoms with van der Waals surface area (Å²) in [5.41, 5.74) is 0. The second-order valence-corrected chi connectivity index (χ2v) is 14.0. The van der Waals surface area contributed by atoms with Gasteiger partial charge in [-0.15, -0.1) is 0 Å². The van der Waals surface area contributed by atoms with Crippen LogP contribution < -0.4 is 5.32 Å². The van der Waals surface area contributed by atoms with Gasteiger partial charge in [0, 0.05) is 6.42 Å². The lowest BCUT2D eigenvalue weighted by Crippen LogP contribution is -2.65. The Morgan fingerprint density at radius 3 is 1.82 bits per heavy atom. The average molecular weight is 796 g/mol. The number of ether oxygens (including phenoxy) is 4. The topological polar surface area (TPSA) is 228 Å². The highest BCUT2D eigenvalue weighted by molar-refractivity contribution is 5.76. The second-order valence-electron chi connectivity index (χ2n) is 14.0. The quantitative estimate of drug-likeness (QED) is 0.0431. The van der Waals surface area contributed by atoms with Gasteiger partial charge in [0.25, 0.3) is 0 Å². The van der Waals surface area contributed by atoms with Crippen LogP contribution in [-0.4, -0.2) is 140 Å². The van der Waals surface area contributed by atoms with Crippen molar-refractivity contribution in [3.05, 3.63) is 72.9 Å². The van der Waals surface area contributed by atoms with Gasteiger partial charge in [0.1, 0.15) is 48.8 Å². The molecule has 0 aliphatic carbocycles. The number of aliphatic hydroxyl groups excluding tert-OH is 8. The molecule has 2 fully saturated rings. The molecule has 2 aliphatic heterocycles. The molecule has 2 heterocycles. The highest BCUT2D eigenvalue weighted by atomic mass is 16.7. The molecule has 2 aliphatic rings. The van der Waals surface area contributed by atoms with Crippen molar-refractivity contribution in [2.45, 2.75) is 164 Å². The van der Waals surface area contributed by atoms with E-state index in [1.165, 1.54) is 0 Å². The van der Waals surface area contributed by atoms with E-state index in [4.69, 9.17) is 18.9 Å². The fourth-order valence-corrected chi connectivity index (χ4v) is 6.03. The summed E-state index contributed by atoms with van der Waals surface area (Å²) in [5.74, 6) is -0.289. The number of aliphatic hydroxyl groups is 8. The van der Waals surface area contributed by atoms with Crippen LogP contribution in [0.5, 0.6) is 0 Å². The molecule has 0 aromatic rings. The van der Waals surface area contributed by atoms with Crippen molar-refractivity contribution in [1.29, 1.82) is 0 Å². The molecule has 0 spiro atoms. The van der Waals surface area contributed by atoms with Crippen molar-refractivity contribution in [3.63, 3.8) is 0 Å². The minimum atomic E-state index is -1.79. The third-order valence-electron chi connectivity index (χ3n) is 9.38. The van der Waals surface area contributed by atoms with Crippen LogP contribution in [0.2, 0.25) is 0 Å². The molecular weight excluding hydrogens is 726 g/mol. The minimum absolute atomic E-state index is 0.235. The van der Waals surface area contributed by atoms with Gasteiger partial charge in [-0.25, -0.2) is 0 Å². The van der Waals surface area contributed by atoms with Gasteiger partial charge in [0.2, 0.25) is 5.91 Å². The Bertz CT molecular complexity index is 1220. The van der Waals surface area contributed by atoms with Crippen molar-refractivity contribution < 1.29 is 64.6 Å². The van der Waals surface area contributed by atoms with E-state index in [0.29, 0.717) is 12.8 Å². The second kappa shape index (κ2) is 29.6. The summed E-state index contributed by atoms with van der Waals surface area (Å²) in [6.45, 7) is 2.36. The van der Waals surface area contributed by atoms with Gasteiger partial charge >= 0.3 is 0 Å². The molecule has 12 atom stereocenters. The lowest BCUT2D eigenvalue weighted by atomic mass is 9.97. The van der Waals surface area contributed by atoms with E-state index in [0.717, 1.165) is 57.8 Å². The van der Waals surface area contributed by atoms with Crippen molar-refractivity contribution in [2.24, 2.45) is 0 Å². The van der Waals surface area contributed by atoms with Gasteiger partial charge in [-0.05, 0) is 57.8 Å². The fraction of sp³-hybridized carbons (Fsp3) is 0.690. The molecule has 56 heavy (non-hydrogen) atoms. The maximum atomic E-state index is 12.9. The number of unbranched alkanes of at least 4 members (excludes halogenated alkanes) is 4. The Morgan fingerprint density at radius 2 is 1.23 bits per heavy atom. The van der Waals surface area contributed by atoms with Crippen LogP contribution in [-0.2, 0) is 23.7 Å². The molecule has 0 saturated carbocycles. The van der Waals surface area contributed by atoms with Crippen LogP contribution in [0.1, 0.15) is 90.9 Å². The summed E-state index contributed by atoms with van der Waals surface area (Å²) < 4.78 is 22.4. The number of nitrogens with one attached hydrogen (secondary N) is 1. The molecule has 14 nitrogen and oxygen atoms in total. The van der Waals surface area contributed by atoms with Gasteiger partial charge < -0.3 is 65.1 Å². The van der Waals surface area contributed by atoms with Crippen LogP contribution in [0.25, 0.3) is 0 Å². The number of hydrogen-bond donors (Lipinski definition) is 9. The van der Waals surface area contributed by atoms with Crippen molar-refractivity contribution >= 4 is 5.91 Å². The van der Waals surface area contributed by atoms with Gasteiger partial charge in [-0.3, -0.25) is 4.79 Å². The molecule has 9 N–H and O–H groups in total. The molecule has 12 unspecified atom stereocenters. The number of carbonyl (C=O) groups is 1. The van der Waals surface area contributed by atoms with Gasteiger partial charge in [0.05, 0.1) is 32.0 Å². The zero-order valence-electron chi connectivity index (χ0n) is 33.1. The summed E-state index contributed by atoms with van der Waals surface area (Å²) >= 11 is 0. The first-order chi connectivity index (χ1) is 27.1. The maximum absolute atomic E-state index is 12.9. The predicted molar refractivity (Wildman–Crippen MR) is 212 cm³/mol. The van der Waals surface area contributed by atoms with Gasteiger partial charge in [-0.1, -0.05) is 99.6 Å². The first-order valence-corrected chi connectivity index (χ1v) is 20.2. The summed E-state index contributed by atoms with van der Waals surface area (Å²) in [5, 5.41) is 85.5. The number of hydrogen-bond acceptors (Lipinski definition) is 13. The predicted octanol–water partition coefficient (Wildman–Crippen LogP) is 2.53. The third-order valence-corrected chi connectivity index (χ3v) is 9.38. The largest absolute Gasteiger partial charge is 0.394 e. The summed E-state index contributed by atoms with van der Waals surface area (Å²) in [7, 11) is 0. The zero-order chi connectivity index (χ0) is 41.1. The lowest BCUT2D eigenvalue weighted by Gasteiger charge is -2.46. The highest BCUT2D eigenvalue weighted by Gasteiger charge is 2.50. The Morgan fingerprint density at radius 1 is 0.661 bits per heavy atom. The summed E-state index contributed by atoms with van der Waals surface area (Å²) in [6.07, 6.45) is 17.8. The van der Waals surface area contributed by atoms with Gasteiger partial charge in [0.15, 0.2) is 12.6 Å². The molecular formula is C42H69NO13. The minimum Gasteiger partial charge on any atom is -0.394 e. The molecule has 1 amide bonds. The monoisotopic (exact) mass is 795 g/mol. The highest BCUT2D eigenvalue weighted by Crippen LogP contribution is 2.29. The van der Waals surface area contributed by atoms with Crippen LogP contribution in [0, 0.1) is 0 Å². The Labute approximate surface area is 332 Å². The van der Waals surface area contributed by atoms with Crippen LogP contribution in [0.3, 0.4) is 0 Å². The fourth-order valence-electron chi connectivity index (χ4n) is 6.03. The number of rotatable bonds is 27. The lowest BCUT2D eigenvalue weighted by molar-refractivity contribution is -0.359. The van der Waals surface area contributed by atoms with Crippen molar-refractivity contribution in [1.82, 2.24) is 5.32 Å². The molecule has 0 aromatic heterocycles. The standard InChI is InChI=1S/C42H69NO13/c1-3-5-7-8-9-10-11-12-13-14-15-16-17-18-19-20-21-22-24-26-34(47)43-30(31(46)25-23-6-4-2)29-53-41-39(52)37(50)40(33(28-45)55-41)56-42-38(51)36(49)35(48)32(27-44)54-42/h5,7,9-10,12-13,15-16,18-19,23,25,30-33,35-42,44-46,48-52H,3-4,6,8,11,14,17,20-22,24,26-29H2,1-2H3,(H,43,47)/b7-5-,10-9-,13-12-,16-15-,19-18-,25-23+. The summed E-state index contributed by atoms with van der Waals surface area (Å²) in [6, 6.07) is -0.930. The SMILES string of the molecule is CC/C=C\C/C=C\C/C=C\C/C=C\C/C=C\CCCCCC(=O)NC(COC1OC(CO)C(OC2OC(CO)C(O)C(O)C2O)C(O)C1O)C(O)/C=C/CCC. The normalized spacial score (nSPS) is 30.2. The number of carbonyl (C=O) groups excluding carboxylic acids is 1. The number of allylic oxidation sites excluding steroid dienone is 11. The van der Waals surface area contributed by atoms with E-state index in [2.05, 4.69) is 73.0 Å². The van der Waals surface area contributed by atoms with E-state index in [-0.39, 0.29) is 18.9 Å². The first-order valence-electron chi connectivity index (χ1n) is 20.2.